The summed E-state index contributed by atoms with van der Waals surface area (Å²) < 4.78 is 4.97. The summed E-state index contributed by atoms with van der Waals surface area (Å²) in [5.41, 5.74) is 0. The molecule has 0 atom stereocenters. The molecule has 0 aromatic heterocycles. The number of benzene rings is 1. The molecule has 1 aromatic rings. The fraction of sp³-hybridized carbons (Fsp3) is 0.182. The van der Waals surface area contributed by atoms with E-state index in [1.54, 1.807) is 12.1 Å². The van der Waals surface area contributed by atoms with Crippen molar-refractivity contribution >= 4 is 17.9 Å². The summed E-state index contributed by atoms with van der Waals surface area (Å²) in [6.45, 7) is 0. The topological polar surface area (TPSA) is 38.3 Å². The third-order valence-corrected chi connectivity index (χ3v) is 2.44. The number of carbonyl (C=O) groups is 1. The lowest BCUT2D eigenvalue weighted by molar-refractivity contribution is 0.203. The third-order valence-electron chi connectivity index (χ3n) is 1.54. The normalized spacial score (nSPS) is 9.07. The van der Waals surface area contributed by atoms with Gasteiger partial charge in [-0.1, -0.05) is 12.0 Å². The van der Waals surface area contributed by atoms with Crippen LogP contribution >= 0.6 is 11.8 Å². The van der Waals surface area contributed by atoms with Gasteiger partial charge >= 0.3 is 6.09 Å². The lowest BCUT2D eigenvalue weighted by Gasteiger charge is -2.04. The number of thioether (sulfide) groups is 1. The zero-order valence-electron chi connectivity index (χ0n) is 8.32. The Morgan fingerprint density at radius 2 is 2.47 bits per heavy atom. The van der Waals surface area contributed by atoms with E-state index in [2.05, 4.69) is 11.2 Å². The van der Waals surface area contributed by atoms with Crippen molar-refractivity contribution in [2.45, 2.75) is 4.90 Å². The van der Waals surface area contributed by atoms with Gasteiger partial charge in [0.25, 0.3) is 0 Å². The first-order valence-corrected chi connectivity index (χ1v) is 5.30. The van der Waals surface area contributed by atoms with Gasteiger partial charge in [0.2, 0.25) is 0 Å². The standard InChI is InChI=1S/C11H11NO2S/c1-3-7-15-10-6-4-5-9(8-10)14-11(13)12-2/h1,4-6,8H,7H2,2H3,(H,12,13). The van der Waals surface area contributed by atoms with Gasteiger partial charge in [0.05, 0.1) is 5.75 Å². The van der Waals surface area contributed by atoms with Crippen LogP contribution in [0.15, 0.2) is 29.2 Å². The molecule has 4 heteroatoms. The Morgan fingerprint density at radius 1 is 1.67 bits per heavy atom. The molecule has 78 valence electrons. The van der Waals surface area contributed by atoms with Crippen molar-refractivity contribution in [2.75, 3.05) is 12.8 Å². The van der Waals surface area contributed by atoms with Gasteiger partial charge in [0.15, 0.2) is 0 Å². The molecule has 15 heavy (non-hydrogen) atoms. The largest absolute Gasteiger partial charge is 0.412 e. The molecule has 0 aliphatic rings. The highest BCUT2D eigenvalue weighted by Gasteiger charge is 2.01. The molecule has 1 amide bonds. The lowest BCUT2D eigenvalue weighted by atomic mass is 10.3. The van der Waals surface area contributed by atoms with Crippen molar-refractivity contribution in [3.05, 3.63) is 24.3 Å². The predicted molar refractivity (Wildman–Crippen MR) is 61.1 cm³/mol. The lowest BCUT2D eigenvalue weighted by Crippen LogP contribution is -2.21. The highest BCUT2D eigenvalue weighted by atomic mass is 32.2. The van der Waals surface area contributed by atoms with Crippen LogP contribution in [0.4, 0.5) is 4.79 Å². The van der Waals surface area contributed by atoms with Gasteiger partial charge in [0.1, 0.15) is 5.75 Å². The van der Waals surface area contributed by atoms with Crippen molar-refractivity contribution in [3.8, 4) is 18.1 Å². The summed E-state index contributed by atoms with van der Waals surface area (Å²) in [6, 6.07) is 7.22. The van der Waals surface area contributed by atoms with Gasteiger partial charge in [-0.3, -0.25) is 0 Å². The number of amides is 1. The zero-order chi connectivity index (χ0) is 11.1. The Hall–Kier alpha value is -1.60. The van der Waals surface area contributed by atoms with Crippen molar-refractivity contribution in [1.29, 1.82) is 0 Å². The average molecular weight is 221 g/mol. The number of carbonyl (C=O) groups excluding carboxylic acids is 1. The fourth-order valence-corrected chi connectivity index (χ4v) is 1.53. The maximum atomic E-state index is 10.9. The summed E-state index contributed by atoms with van der Waals surface area (Å²) in [5.74, 6) is 3.64. The number of rotatable bonds is 3. The van der Waals surface area contributed by atoms with E-state index >= 15 is 0 Å². The maximum absolute atomic E-state index is 10.9. The van der Waals surface area contributed by atoms with Gasteiger partial charge < -0.3 is 10.1 Å². The van der Waals surface area contributed by atoms with Crippen LogP contribution in [0.2, 0.25) is 0 Å². The van der Waals surface area contributed by atoms with E-state index in [4.69, 9.17) is 11.2 Å². The van der Waals surface area contributed by atoms with Crippen LogP contribution in [0.1, 0.15) is 0 Å². The molecule has 1 rings (SSSR count). The van der Waals surface area contributed by atoms with Crippen LogP contribution in [0.3, 0.4) is 0 Å². The molecule has 0 unspecified atom stereocenters. The SMILES string of the molecule is C#CCSc1cccc(OC(=O)NC)c1. The van der Waals surface area contributed by atoms with E-state index in [0.717, 1.165) is 4.90 Å². The number of ether oxygens (including phenoxy) is 1. The quantitative estimate of drug-likeness (QED) is 0.627. The Balaban J connectivity index is 2.66. The molecule has 1 N–H and O–H groups in total. The third kappa shape index (κ3) is 3.96. The van der Waals surface area contributed by atoms with Gasteiger partial charge in [0, 0.05) is 11.9 Å². The molecule has 0 saturated carbocycles. The Bertz CT molecular complexity index is 384. The number of hydrogen-bond acceptors (Lipinski definition) is 3. The summed E-state index contributed by atoms with van der Waals surface area (Å²) in [7, 11) is 1.51. The van der Waals surface area contributed by atoms with E-state index in [1.807, 2.05) is 12.1 Å². The molecule has 0 spiro atoms. The minimum absolute atomic E-state index is 0.478. The van der Waals surface area contributed by atoms with E-state index in [-0.39, 0.29) is 0 Å². The second kappa shape index (κ2) is 5.99. The van der Waals surface area contributed by atoms with E-state index in [0.29, 0.717) is 11.5 Å². The van der Waals surface area contributed by atoms with Crippen molar-refractivity contribution in [2.24, 2.45) is 0 Å². The van der Waals surface area contributed by atoms with Crippen LogP contribution in [-0.2, 0) is 0 Å². The monoisotopic (exact) mass is 221 g/mol. The summed E-state index contributed by atoms with van der Waals surface area (Å²) >= 11 is 1.52. The fourth-order valence-electron chi connectivity index (χ4n) is 0.911. The van der Waals surface area contributed by atoms with Crippen LogP contribution < -0.4 is 10.1 Å². The Morgan fingerprint density at radius 3 is 3.13 bits per heavy atom. The first-order valence-electron chi connectivity index (χ1n) is 4.32. The molecule has 0 heterocycles. The minimum Gasteiger partial charge on any atom is -0.410 e. The first kappa shape index (κ1) is 11.5. The molecule has 0 fully saturated rings. The molecular formula is C11H11NO2S. The van der Waals surface area contributed by atoms with Crippen molar-refractivity contribution in [1.82, 2.24) is 5.32 Å². The average Bonchev–Trinajstić information content (AvgIpc) is 2.26. The number of hydrogen-bond donors (Lipinski definition) is 1. The van der Waals surface area contributed by atoms with Crippen molar-refractivity contribution in [3.63, 3.8) is 0 Å². The number of nitrogens with one attached hydrogen (secondary N) is 1. The highest BCUT2D eigenvalue weighted by molar-refractivity contribution is 7.99. The highest BCUT2D eigenvalue weighted by Crippen LogP contribution is 2.22. The molecule has 0 saturated heterocycles. The molecule has 0 radical (unpaired) electrons. The molecule has 0 aliphatic carbocycles. The molecule has 3 nitrogen and oxygen atoms in total. The summed E-state index contributed by atoms with van der Waals surface area (Å²) in [4.78, 5) is 11.9. The summed E-state index contributed by atoms with van der Waals surface area (Å²) in [6.07, 6.45) is 4.67. The van der Waals surface area contributed by atoms with Crippen LogP contribution in [0, 0.1) is 12.3 Å². The first-order chi connectivity index (χ1) is 7.26. The van der Waals surface area contributed by atoms with Gasteiger partial charge in [-0.05, 0) is 18.2 Å². The molecule has 0 aliphatic heterocycles. The van der Waals surface area contributed by atoms with Gasteiger partial charge in [-0.25, -0.2) is 4.79 Å². The van der Waals surface area contributed by atoms with Gasteiger partial charge in [-0.2, -0.15) is 0 Å². The maximum Gasteiger partial charge on any atom is 0.412 e. The van der Waals surface area contributed by atoms with E-state index < -0.39 is 6.09 Å². The summed E-state index contributed by atoms with van der Waals surface area (Å²) in [5, 5.41) is 2.38. The molecular weight excluding hydrogens is 210 g/mol. The predicted octanol–water partition coefficient (Wildman–Crippen LogP) is 2.13. The van der Waals surface area contributed by atoms with Gasteiger partial charge in [-0.15, -0.1) is 18.2 Å². The van der Waals surface area contributed by atoms with Crippen molar-refractivity contribution < 1.29 is 9.53 Å². The Labute approximate surface area is 93.2 Å². The van der Waals surface area contributed by atoms with Crippen LogP contribution in [0.25, 0.3) is 0 Å². The second-order valence-electron chi connectivity index (χ2n) is 2.61. The van der Waals surface area contributed by atoms with E-state index in [9.17, 15) is 4.79 Å². The molecule has 0 bridgehead atoms. The van der Waals surface area contributed by atoms with E-state index in [1.165, 1.54) is 18.8 Å². The van der Waals surface area contributed by atoms with Crippen LogP contribution in [-0.4, -0.2) is 18.9 Å². The molecule has 1 aromatic carbocycles. The smallest absolute Gasteiger partial charge is 0.410 e. The zero-order valence-corrected chi connectivity index (χ0v) is 9.14. The minimum atomic E-state index is -0.478. The van der Waals surface area contributed by atoms with Crippen LogP contribution in [0.5, 0.6) is 5.75 Å². The Kier molecular flexibility index (Phi) is 4.58. The number of terminal acetylenes is 1. The second-order valence-corrected chi connectivity index (χ2v) is 3.66.